The maximum absolute atomic E-state index is 12.0. The van der Waals surface area contributed by atoms with Crippen LogP contribution in [-0.2, 0) is 14.4 Å². The molecule has 0 heterocycles. The molecule has 0 bridgehead atoms. The van der Waals surface area contributed by atoms with Crippen LogP contribution in [0.1, 0.15) is 51.4 Å². The van der Waals surface area contributed by atoms with Gasteiger partial charge in [-0.1, -0.05) is 25.0 Å². The van der Waals surface area contributed by atoms with Crippen molar-refractivity contribution in [1.29, 1.82) is 0 Å². The summed E-state index contributed by atoms with van der Waals surface area (Å²) in [5.74, 6) is -0.143. The average molecular weight is 356 g/mol. The molecule has 0 aromatic rings. The molecule has 1 fully saturated rings. The van der Waals surface area contributed by atoms with Crippen LogP contribution in [0, 0.1) is 0 Å². The smallest absolute Gasteiger partial charge is 0.252 e. The van der Waals surface area contributed by atoms with E-state index in [1.165, 1.54) is 11.9 Å². The van der Waals surface area contributed by atoms with E-state index in [1.54, 1.807) is 7.05 Å². The molecule has 0 aliphatic heterocycles. The van der Waals surface area contributed by atoms with E-state index in [1.807, 2.05) is 6.08 Å². The van der Waals surface area contributed by atoms with Gasteiger partial charge in [-0.25, -0.2) is 0 Å². The van der Waals surface area contributed by atoms with Crippen molar-refractivity contribution in [2.45, 2.75) is 68.7 Å². The van der Waals surface area contributed by atoms with Gasteiger partial charge in [0, 0.05) is 5.25 Å². The highest BCUT2D eigenvalue weighted by molar-refractivity contribution is 7.98. The molecule has 6 nitrogen and oxygen atoms in total. The van der Waals surface area contributed by atoms with Crippen LogP contribution in [0.4, 0.5) is 0 Å². The Kier molecular flexibility index (Phi) is 11.2. The van der Waals surface area contributed by atoms with Crippen LogP contribution in [0.2, 0.25) is 0 Å². The number of hydrogen-bond donors (Lipinski definition) is 3. The lowest BCUT2D eigenvalue weighted by molar-refractivity contribution is -0.123. The predicted octanol–water partition coefficient (Wildman–Crippen LogP) is 1.71. The summed E-state index contributed by atoms with van der Waals surface area (Å²) in [4.78, 5) is 33.3. The number of carbonyl (C=O) groups is 3. The van der Waals surface area contributed by atoms with E-state index >= 15 is 0 Å². The van der Waals surface area contributed by atoms with Gasteiger partial charge >= 0.3 is 0 Å². The Morgan fingerprint density at radius 1 is 1.21 bits per heavy atom. The van der Waals surface area contributed by atoms with Crippen LogP contribution >= 0.6 is 11.9 Å². The lowest BCUT2D eigenvalue weighted by Gasteiger charge is -2.13. The van der Waals surface area contributed by atoms with Gasteiger partial charge in [0.05, 0.1) is 6.04 Å². The molecule has 2 amide bonds. The number of nitrogens with one attached hydrogen (secondary N) is 3. The molecule has 0 aromatic carbocycles. The van der Waals surface area contributed by atoms with Crippen LogP contribution in [0.15, 0.2) is 12.2 Å². The first-order valence-electron chi connectivity index (χ1n) is 8.64. The summed E-state index contributed by atoms with van der Waals surface area (Å²) in [6.07, 6.45) is 13.3. The molecule has 1 unspecified atom stereocenters. The SMILES string of the molecule is CN[C@H](C=O)CCCCC/C=C\CC(NC=O)C(=O)NSC1CC1. The predicted molar refractivity (Wildman–Crippen MR) is 97.5 cm³/mol. The third-order valence-corrected chi connectivity index (χ3v) is 5.02. The number of likely N-dealkylation sites (N-methyl/N-ethyl adjacent to an activating group) is 1. The second-order valence-electron chi connectivity index (χ2n) is 6.00. The van der Waals surface area contributed by atoms with Crippen LogP contribution in [-0.4, -0.2) is 43.0 Å². The number of hydrogen-bond acceptors (Lipinski definition) is 5. The van der Waals surface area contributed by atoms with E-state index in [0.717, 1.165) is 51.2 Å². The van der Waals surface area contributed by atoms with Gasteiger partial charge in [0.1, 0.15) is 12.3 Å². The Morgan fingerprint density at radius 3 is 2.62 bits per heavy atom. The van der Waals surface area contributed by atoms with Crippen molar-refractivity contribution in [3.05, 3.63) is 12.2 Å². The molecule has 1 rings (SSSR count). The van der Waals surface area contributed by atoms with Gasteiger partial charge < -0.3 is 15.4 Å². The van der Waals surface area contributed by atoms with Crippen molar-refractivity contribution in [3.63, 3.8) is 0 Å². The van der Waals surface area contributed by atoms with Crippen molar-refractivity contribution in [3.8, 4) is 0 Å². The number of aldehydes is 1. The first-order chi connectivity index (χ1) is 11.7. The molecule has 3 N–H and O–H groups in total. The minimum absolute atomic E-state index is 0.0391. The van der Waals surface area contributed by atoms with E-state index in [9.17, 15) is 14.4 Å². The first kappa shape index (κ1) is 20.7. The quantitative estimate of drug-likeness (QED) is 0.180. The third kappa shape index (κ3) is 9.72. The molecule has 0 spiro atoms. The average Bonchev–Trinajstić information content (AvgIpc) is 3.42. The van der Waals surface area contributed by atoms with Gasteiger partial charge in [-0.3, -0.25) is 14.3 Å². The molecule has 1 saturated carbocycles. The van der Waals surface area contributed by atoms with E-state index in [4.69, 9.17) is 0 Å². The van der Waals surface area contributed by atoms with Crippen LogP contribution < -0.4 is 15.4 Å². The number of unbranched alkanes of at least 4 members (excludes halogenated alkanes) is 3. The molecular formula is C17H29N3O3S. The minimum atomic E-state index is -0.506. The number of rotatable bonds is 15. The molecule has 1 aliphatic rings. The molecule has 7 heteroatoms. The molecule has 1 aliphatic carbocycles. The zero-order valence-corrected chi connectivity index (χ0v) is 15.1. The summed E-state index contributed by atoms with van der Waals surface area (Å²) in [7, 11) is 1.80. The highest BCUT2D eigenvalue weighted by atomic mass is 32.2. The van der Waals surface area contributed by atoms with Gasteiger partial charge in [-0.15, -0.1) is 0 Å². The molecule has 0 aromatic heterocycles. The zero-order chi connectivity index (χ0) is 17.6. The summed E-state index contributed by atoms with van der Waals surface area (Å²) in [5.41, 5.74) is 0. The Morgan fingerprint density at radius 2 is 2.00 bits per heavy atom. The van der Waals surface area contributed by atoms with Gasteiger partial charge in [0.15, 0.2) is 0 Å². The molecule has 24 heavy (non-hydrogen) atoms. The van der Waals surface area contributed by atoms with Crippen LogP contribution in [0.3, 0.4) is 0 Å². The van der Waals surface area contributed by atoms with Crippen molar-refractivity contribution in [2.75, 3.05) is 7.05 Å². The second kappa shape index (κ2) is 13.0. The molecule has 136 valence electrons. The normalized spacial score (nSPS) is 16.5. The van der Waals surface area contributed by atoms with Gasteiger partial charge in [-0.2, -0.15) is 0 Å². The Bertz CT molecular complexity index is 414. The van der Waals surface area contributed by atoms with Crippen molar-refractivity contribution in [1.82, 2.24) is 15.4 Å². The number of allylic oxidation sites excluding steroid dienone is 1. The van der Waals surface area contributed by atoms with Crippen molar-refractivity contribution in [2.24, 2.45) is 0 Å². The highest BCUT2D eigenvalue weighted by Gasteiger charge is 2.24. The fourth-order valence-electron chi connectivity index (χ4n) is 2.17. The molecule has 0 saturated heterocycles. The summed E-state index contributed by atoms with van der Waals surface area (Å²) in [6, 6.07) is -0.545. The zero-order valence-electron chi connectivity index (χ0n) is 14.3. The summed E-state index contributed by atoms with van der Waals surface area (Å²) >= 11 is 1.45. The largest absolute Gasteiger partial charge is 0.347 e. The molecular weight excluding hydrogens is 326 g/mol. The lowest BCUT2D eigenvalue weighted by atomic mass is 10.1. The maximum Gasteiger partial charge on any atom is 0.252 e. The van der Waals surface area contributed by atoms with E-state index < -0.39 is 6.04 Å². The van der Waals surface area contributed by atoms with Gasteiger partial charge in [0.25, 0.3) is 5.91 Å². The van der Waals surface area contributed by atoms with Crippen LogP contribution in [0.25, 0.3) is 0 Å². The molecule has 2 atom stereocenters. The fourth-order valence-corrected chi connectivity index (χ4v) is 2.96. The summed E-state index contributed by atoms with van der Waals surface area (Å²) < 4.78 is 2.81. The second-order valence-corrected chi connectivity index (χ2v) is 7.10. The topological polar surface area (TPSA) is 87.3 Å². The van der Waals surface area contributed by atoms with Crippen molar-refractivity contribution >= 4 is 30.6 Å². The van der Waals surface area contributed by atoms with E-state index in [2.05, 4.69) is 21.4 Å². The first-order valence-corrected chi connectivity index (χ1v) is 9.52. The molecule has 0 radical (unpaired) electrons. The fraction of sp³-hybridized carbons (Fsp3) is 0.706. The number of amides is 2. The maximum atomic E-state index is 12.0. The van der Waals surface area contributed by atoms with Crippen LogP contribution in [0.5, 0.6) is 0 Å². The van der Waals surface area contributed by atoms with Crippen molar-refractivity contribution < 1.29 is 14.4 Å². The van der Waals surface area contributed by atoms with E-state index in [0.29, 0.717) is 18.1 Å². The summed E-state index contributed by atoms with van der Waals surface area (Å²) in [5, 5.41) is 6.07. The Balaban J connectivity index is 2.11. The minimum Gasteiger partial charge on any atom is -0.347 e. The standard InChI is InChI=1S/C17H29N3O3S/c1-18-14(12-21)8-6-4-2-3-5-7-9-16(19-13-22)17(23)20-24-15-10-11-15/h5,7,12-16,18H,2-4,6,8-11H2,1H3,(H,19,22)(H,20,23)/b7-5-/t14-,16?/m0/s1. The highest BCUT2D eigenvalue weighted by Crippen LogP contribution is 2.31. The lowest BCUT2D eigenvalue weighted by Crippen LogP contribution is -2.41. The monoisotopic (exact) mass is 355 g/mol. The third-order valence-electron chi connectivity index (χ3n) is 3.90. The number of carbonyl (C=O) groups excluding carboxylic acids is 3. The van der Waals surface area contributed by atoms with Gasteiger partial charge in [-0.05, 0) is 57.5 Å². The Labute approximate surface area is 148 Å². The summed E-state index contributed by atoms with van der Waals surface area (Å²) in [6.45, 7) is 0. The van der Waals surface area contributed by atoms with E-state index in [-0.39, 0.29) is 11.9 Å². The Hall–Kier alpha value is -1.34. The van der Waals surface area contributed by atoms with Gasteiger partial charge in [0.2, 0.25) is 6.41 Å².